The predicted molar refractivity (Wildman–Crippen MR) is 131 cm³/mol. The standard InChI is InChI=1S/C24H24ClN5O3/c1-15(17-5-9-20(32-3)10-6-17)27-29-23-14-19(13-22(25)26-23)24(31)30-28-16(2)18-7-11-21(33-4)12-8-18/h5-14H,1-4H3,(H,26,29)(H,30,31)/b27-15+,28-16+. The number of rotatable bonds is 8. The molecule has 1 aromatic heterocycles. The normalized spacial score (nSPS) is 11.7. The number of carbonyl (C=O) groups is 1. The number of anilines is 1. The number of carbonyl (C=O) groups excluding carboxylic acids is 1. The van der Waals surface area contributed by atoms with Crippen molar-refractivity contribution in [3.8, 4) is 11.5 Å². The maximum atomic E-state index is 12.6. The van der Waals surface area contributed by atoms with Crippen molar-refractivity contribution in [2.45, 2.75) is 13.8 Å². The van der Waals surface area contributed by atoms with E-state index in [-0.39, 0.29) is 5.15 Å². The highest BCUT2D eigenvalue weighted by molar-refractivity contribution is 6.30. The topological polar surface area (TPSA) is 97.2 Å². The van der Waals surface area contributed by atoms with E-state index in [0.29, 0.717) is 17.1 Å². The van der Waals surface area contributed by atoms with Gasteiger partial charge in [-0.25, -0.2) is 10.4 Å². The Morgan fingerprint density at radius 1 is 0.818 bits per heavy atom. The van der Waals surface area contributed by atoms with Gasteiger partial charge in [-0.3, -0.25) is 10.2 Å². The second kappa shape index (κ2) is 11.1. The molecular weight excluding hydrogens is 442 g/mol. The van der Waals surface area contributed by atoms with Crippen molar-refractivity contribution in [1.82, 2.24) is 10.4 Å². The Labute approximate surface area is 197 Å². The number of methoxy groups -OCH3 is 2. The Morgan fingerprint density at radius 2 is 1.33 bits per heavy atom. The van der Waals surface area contributed by atoms with Crippen LogP contribution in [0.25, 0.3) is 0 Å². The highest BCUT2D eigenvalue weighted by Gasteiger charge is 2.10. The van der Waals surface area contributed by atoms with Crippen LogP contribution in [0.2, 0.25) is 5.15 Å². The SMILES string of the molecule is COc1ccc(/C(C)=N/NC(=O)c2cc(Cl)nc(N/N=C(\C)c3ccc(OC)cc3)c2)cc1. The molecule has 0 fully saturated rings. The zero-order valence-electron chi connectivity index (χ0n) is 18.7. The molecule has 0 spiro atoms. The molecular formula is C24H24ClN5O3. The van der Waals surface area contributed by atoms with E-state index in [0.717, 1.165) is 28.3 Å². The molecule has 0 aliphatic heterocycles. The fraction of sp³-hybridized carbons (Fsp3) is 0.167. The second-order valence-corrected chi connectivity index (χ2v) is 7.36. The van der Waals surface area contributed by atoms with Gasteiger partial charge in [0.1, 0.15) is 22.5 Å². The zero-order valence-corrected chi connectivity index (χ0v) is 19.5. The van der Waals surface area contributed by atoms with Gasteiger partial charge < -0.3 is 9.47 Å². The molecule has 3 rings (SSSR count). The van der Waals surface area contributed by atoms with E-state index in [9.17, 15) is 4.79 Å². The average Bonchev–Trinajstić information content (AvgIpc) is 2.85. The van der Waals surface area contributed by atoms with E-state index in [1.165, 1.54) is 6.07 Å². The van der Waals surface area contributed by atoms with E-state index < -0.39 is 5.91 Å². The number of hydrogen-bond donors (Lipinski definition) is 2. The minimum absolute atomic E-state index is 0.151. The molecule has 0 bridgehead atoms. The van der Waals surface area contributed by atoms with Crippen molar-refractivity contribution in [3.05, 3.63) is 82.5 Å². The van der Waals surface area contributed by atoms with Gasteiger partial charge in [0, 0.05) is 5.56 Å². The maximum Gasteiger partial charge on any atom is 0.271 e. The molecule has 0 aliphatic carbocycles. The van der Waals surface area contributed by atoms with E-state index in [2.05, 4.69) is 26.0 Å². The number of ether oxygens (including phenoxy) is 2. The minimum atomic E-state index is -0.425. The maximum absolute atomic E-state index is 12.6. The van der Waals surface area contributed by atoms with Gasteiger partial charge in [-0.15, -0.1) is 0 Å². The Balaban J connectivity index is 1.69. The summed E-state index contributed by atoms with van der Waals surface area (Å²) in [7, 11) is 3.21. The van der Waals surface area contributed by atoms with Crippen LogP contribution in [0.1, 0.15) is 35.3 Å². The van der Waals surface area contributed by atoms with Gasteiger partial charge >= 0.3 is 0 Å². The lowest BCUT2D eigenvalue weighted by Gasteiger charge is -2.07. The Hall–Kier alpha value is -3.91. The summed E-state index contributed by atoms with van der Waals surface area (Å²) in [5.41, 5.74) is 8.81. The Kier molecular flexibility index (Phi) is 7.99. The Morgan fingerprint density at radius 3 is 1.85 bits per heavy atom. The van der Waals surface area contributed by atoms with Crippen molar-refractivity contribution in [3.63, 3.8) is 0 Å². The van der Waals surface area contributed by atoms with Gasteiger partial charge in [0.25, 0.3) is 5.91 Å². The summed E-state index contributed by atoms with van der Waals surface area (Å²) in [5, 5.41) is 8.64. The monoisotopic (exact) mass is 465 g/mol. The first-order valence-corrected chi connectivity index (χ1v) is 10.4. The van der Waals surface area contributed by atoms with Crippen LogP contribution in [0, 0.1) is 0 Å². The number of benzene rings is 2. The van der Waals surface area contributed by atoms with Gasteiger partial charge in [0.15, 0.2) is 0 Å². The number of nitrogens with zero attached hydrogens (tertiary/aromatic N) is 3. The summed E-state index contributed by atoms with van der Waals surface area (Å²) in [6.07, 6.45) is 0. The summed E-state index contributed by atoms with van der Waals surface area (Å²) < 4.78 is 10.3. The van der Waals surface area contributed by atoms with E-state index in [1.807, 2.05) is 55.5 Å². The van der Waals surface area contributed by atoms with Crippen LogP contribution in [0.5, 0.6) is 11.5 Å². The molecule has 0 radical (unpaired) electrons. The third-order valence-corrected chi connectivity index (χ3v) is 4.93. The molecule has 0 unspecified atom stereocenters. The molecule has 1 heterocycles. The van der Waals surface area contributed by atoms with E-state index >= 15 is 0 Å². The quantitative estimate of drug-likeness (QED) is 0.284. The molecule has 0 saturated heterocycles. The van der Waals surface area contributed by atoms with Gasteiger partial charge in [0.05, 0.1) is 25.6 Å². The van der Waals surface area contributed by atoms with Gasteiger partial charge in [-0.05, 0) is 85.6 Å². The summed E-state index contributed by atoms with van der Waals surface area (Å²) >= 11 is 6.11. The largest absolute Gasteiger partial charge is 0.497 e. The zero-order chi connectivity index (χ0) is 23.8. The number of hydrogen-bond acceptors (Lipinski definition) is 7. The Bertz CT molecular complexity index is 1180. The molecule has 0 saturated carbocycles. The van der Waals surface area contributed by atoms with Crippen LogP contribution in [0.3, 0.4) is 0 Å². The van der Waals surface area contributed by atoms with Gasteiger partial charge in [-0.2, -0.15) is 10.2 Å². The van der Waals surface area contributed by atoms with Gasteiger partial charge in [0.2, 0.25) is 0 Å². The molecule has 2 N–H and O–H groups in total. The third kappa shape index (κ3) is 6.54. The summed E-state index contributed by atoms with van der Waals surface area (Å²) in [5.74, 6) is 1.41. The van der Waals surface area contributed by atoms with Crippen LogP contribution in [0.4, 0.5) is 5.82 Å². The average molecular weight is 466 g/mol. The minimum Gasteiger partial charge on any atom is -0.497 e. The highest BCUT2D eigenvalue weighted by atomic mass is 35.5. The third-order valence-electron chi connectivity index (χ3n) is 4.74. The second-order valence-electron chi connectivity index (χ2n) is 6.97. The van der Waals surface area contributed by atoms with E-state index in [1.54, 1.807) is 27.2 Å². The number of halogens is 1. The number of pyridine rings is 1. The van der Waals surface area contributed by atoms with Crippen molar-refractivity contribution >= 4 is 34.7 Å². The van der Waals surface area contributed by atoms with Crippen molar-refractivity contribution in [1.29, 1.82) is 0 Å². The highest BCUT2D eigenvalue weighted by Crippen LogP contribution is 2.16. The molecule has 170 valence electrons. The predicted octanol–water partition coefficient (Wildman–Crippen LogP) is 4.74. The molecule has 9 heteroatoms. The lowest BCUT2D eigenvalue weighted by atomic mass is 10.1. The molecule has 0 atom stereocenters. The molecule has 0 aliphatic rings. The fourth-order valence-electron chi connectivity index (χ4n) is 2.82. The summed E-state index contributed by atoms with van der Waals surface area (Å²) in [6.45, 7) is 3.65. The molecule has 33 heavy (non-hydrogen) atoms. The molecule has 2 aromatic carbocycles. The first kappa shape index (κ1) is 23.7. The van der Waals surface area contributed by atoms with Crippen LogP contribution < -0.4 is 20.3 Å². The van der Waals surface area contributed by atoms with Crippen molar-refractivity contribution in [2.75, 3.05) is 19.6 Å². The van der Waals surface area contributed by atoms with Crippen LogP contribution >= 0.6 is 11.6 Å². The lowest BCUT2D eigenvalue weighted by molar-refractivity contribution is 0.0954. The molecule has 8 nitrogen and oxygen atoms in total. The van der Waals surface area contributed by atoms with Gasteiger partial charge in [-0.1, -0.05) is 11.6 Å². The van der Waals surface area contributed by atoms with Crippen LogP contribution in [-0.4, -0.2) is 36.5 Å². The first-order chi connectivity index (χ1) is 15.9. The van der Waals surface area contributed by atoms with Crippen LogP contribution in [0.15, 0.2) is 70.9 Å². The number of amides is 1. The van der Waals surface area contributed by atoms with E-state index in [4.69, 9.17) is 21.1 Å². The lowest BCUT2D eigenvalue weighted by Crippen LogP contribution is -2.19. The number of hydrazone groups is 2. The number of aromatic nitrogens is 1. The fourth-order valence-corrected chi connectivity index (χ4v) is 3.03. The number of nitrogens with one attached hydrogen (secondary N) is 2. The van der Waals surface area contributed by atoms with Crippen molar-refractivity contribution < 1.29 is 14.3 Å². The van der Waals surface area contributed by atoms with Crippen molar-refractivity contribution in [2.24, 2.45) is 10.2 Å². The molecule has 3 aromatic rings. The van der Waals surface area contributed by atoms with Crippen LogP contribution in [-0.2, 0) is 0 Å². The first-order valence-electron chi connectivity index (χ1n) is 10.0. The molecule has 1 amide bonds. The summed E-state index contributed by atoms with van der Waals surface area (Å²) in [6, 6.07) is 17.9. The smallest absolute Gasteiger partial charge is 0.271 e. The summed E-state index contributed by atoms with van der Waals surface area (Å²) in [4.78, 5) is 16.8.